The highest BCUT2D eigenvalue weighted by Crippen LogP contribution is 2.29. The van der Waals surface area contributed by atoms with Crippen LogP contribution in [0.25, 0.3) is 0 Å². The van der Waals surface area contributed by atoms with Gasteiger partial charge in [0, 0.05) is 19.2 Å². The summed E-state index contributed by atoms with van der Waals surface area (Å²) in [4.78, 5) is 14.0. The van der Waals surface area contributed by atoms with E-state index >= 15 is 0 Å². The number of carbonyl (C=O) groups excluding carboxylic acids is 1. The Labute approximate surface area is 96.2 Å². The van der Waals surface area contributed by atoms with Crippen LogP contribution in [-0.2, 0) is 9.53 Å². The average molecular weight is 222 g/mol. The molecule has 1 saturated carbocycles. The molecule has 1 saturated heterocycles. The lowest BCUT2D eigenvalue weighted by atomic mass is 10.1. The largest absolute Gasteiger partial charge is 0.368 e. The number of hydrogen-bond donors (Lipinski definition) is 0. The van der Waals surface area contributed by atoms with Crippen molar-refractivity contribution in [2.45, 2.75) is 50.7 Å². The number of amides is 1. The van der Waals surface area contributed by atoms with Crippen molar-refractivity contribution in [3.63, 3.8) is 0 Å². The van der Waals surface area contributed by atoms with E-state index in [1.54, 1.807) is 0 Å². The first-order valence-corrected chi connectivity index (χ1v) is 6.12. The first kappa shape index (κ1) is 11.4. The van der Waals surface area contributed by atoms with Gasteiger partial charge in [-0.25, -0.2) is 0 Å². The lowest BCUT2D eigenvalue weighted by molar-refractivity contribution is -0.147. The lowest BCUT2D eigenvalue weighted by Gasteiger charge is -2.29. The summed E-state index contributed by atoms with van der Waals surface area (Å²) in [6.07, 6.45) is 5.34. The molecule has 0 spiro atoms. The van der Waals surface area contributed by atoms with Crippen molar-refractivity contribution in [3.05, 3.63) is 0 Å². The Bertz CT molecular complexity index is 288. The van der Waals surface area contributed by atoms with E-state index < -0.39 is 0 Å². The van der Waals surface area contributed by atoms with Crippen molar-refractivity contribution in [1.82, 2.24) is 4.90 Å². The van der Waals surface area contributed by atoms with Gasteiger partial charge in [0.2, 0.25) is 0 Å². The number of nitrogens with zero attached hydrogens (tertiary/aromatic N) is 2. The minimum absolute atomic E-state index is 0.109. The Morgan fingerprint density at radius 2 is 2.19 bits per heavy atom. The van der Waals surface area contributed by atoms with Crippen LogP contribution in [0, 0.1) is 11.3 Å². The number of carbonyl (C=O) groups is 1. The molecule has 2 aliphatic rings. The predicted octanol–water partition coefficient (Wildman–Crippen LogP) is 1.46. The zero-order valence-corrected chi connectivity index (χ0v) is 9.52. The van der Waals surface area contributed by atoms with Crippen molar-refractivity contribution in [3.8, 4) is 6.07 Å². The predicted molar refractivity (Wildman–Crippen MR) is 58.6 cm³/mol. The number of rotatable bonds is 4. The van der Waals surface area contributed by atoms with Gasteiger partial charge in [-0.05, 0) is 32.1 Å². The highest BCUT2D eigenvalue weighted by Gasteiger charge is 2.36. The normalized spacial score (nSPS) is 24.8. The third-order valence-corrected chi connectivity index (χ3v) is 3.19. The molecule has 4 nitrogen and oxygen atoms in total. The van der Waals surface area contributed by atoms with Crippen LogP contribution in [0.1, 0.15) is 38.5 Å². The molecule has 88 valence electrons. The van der Waals surface area contributed by atoms with Gasteiger partial charge in [0.15, 0.2) is 0 Å². The van der Waals surface area contributed by atoms with Gasteiger partial charge >= 0.3 is 0 Å². The SMILES string of the molecule is N#CCCN(C(=O)C1CCCCO1)C1CC1. The van der Waals surface area contributed by atoms with Gasteiger partial charge in [0.05, 0.1) is 12.5 Å². The summed E-state index contributed by atoms with van der Waals surface area (Å²) in [5, 5.41) is 8.59. The second kappa shape index (κ2) is 5.31. The molecule has 0 aromatic heterocycles. The quantitative estimate of drug-likeness (QED) is 0.723. The minimum atomic E-state index is -0.243. The Morgan fingerprint density at radius 1 is 1.38 bits per heavy atom. The molecule has 0 N–H and O–H groups in total. The third-order valence-electron chi connectivity index (χ3n) is 3.19. The van der Waals surface area contributed by atoms with E-state index in [9.17, 15) is 4.79 Å². The van der Waals surface area contributed by atoms with Crippen LogP contribution >= 0.6 is 0 Å². The molecular weight excluding hydrogens is 204 g/mol. The lowest BCUT2D eigenvalue weighted by Crippen LogP contribution is -2.43. The van der Waals surface area contributed by atoms with Gasteiger partial charge in [0.1, 0.15) is 6.10 Å². The molecule has 0 aromatic rings. The molecular formula is C12H18N2O2. The van der Waals surface area contributed by atoms with Gasteiger partial charge in [-0.3, -0.25) is 4.79 Å². The smallest absolute Gasteiger partial charge is 0.251 e. The number of hydrogen-bond acceptors (Lipinski definition) is 3. The van der Waals surface area contributed by atoms with Crippen LogP contribution in [0.4, 0.5) is 0 Å². The second-order valence-electron chi connectivity index (χ2n) is 4.53. The fourth-order valence-corrected chi connectivity index (χ4v) is 2.15. The maximum absolute atomic E-state index is 12.2. The molecule has 1 heterocycles. The summed E-state index contributed by atoms with van der Waals surface area (Å²) >= 11 is 0. The number of nitriles is 1. The van der Waals surface area contributed by atoms with Crippen molar-refractivity contribution in [2.24, 2.45) is 0 Å². The maximum atomic E-state index is 12.2. The van der Waals surface area contributed by atoms with Gasteiger partial charge in [-0.15, -0.1) is 0 Å². The first-order valence-electron chi connectivity index (χ1n) is 6.12. The van der Waals surface area contributed by atoms with Gasteiger partial charge in [0.25, 0.3) is 5.91 Å². The molecule has 1 unspecified atom stereocenters. The highest BCUT2D eigenvalue weighted by molar-refractivity contribution is 5.81. The maximum Gasteiger partial charge on any atom is 0.251 e. The van der Waals surface area contributed by atoms with E-state index in [-0.39, 0.29) is 12.0 Å². The Morgan fingerprint density at radius 3 is 2.75 bits per heavy atom. The van der Waals surface area contributed by atoms with Gasteiger partial charge in [-0.1, -0.05) is 0 Å². The average Bonchev–Trinajstić information content (AvgIpc) is 3.15. The molecule has 0 radical (unpaired) electrons. The van der Waals surface area contributed by atoms with Gasteiger partial charge in [-0.2, -0.15) is 5.26 Å². The van der Waals surface area contributed by atoms with Crippen molar-refractivity contribution in [2.75, 3.05) is 13.2 Å². The van der Waals surface area contributed by atoms with Crippen LogP contribution in [-0.4, -0.2) is 36.1 Å². The molecule has 2 fully saturated rings. The summed E-state index contributed by atoms with van der Waals surface area (Å²) in [5.41, 5.74) is 0. The molecule has 4 heteroatoms. The Hall–Kier alpha value is -1.08. The van der Waals surface area contributed by atoms with Crippen LogP contribution in [0.5, 0.6) is 0 Å². The summed E-state index contributed by atoms with van der Waals surface area (Å²) in [6, 6.07) is 2.48. The Balaban J connectivity index is 1.90. The molecule has 0 aromatic carbocycles. The zero-order chi connectivity index (χ0) is 11.4. The van der Waals surface area contributed by atoms with E-state index in [0.29, 0.717) is 25.6 Å². The highest BCUT2D eigenvalue weighted by atomic mass is 16.5. The van der Waals surface area contributed by atoms with E-state index in [2.05, 4.69) is 6.07 Å². The molecule has 0 bridgehead atoms. The van der Waals surface area contributed by atoms with Crippen LogP contribution in [0.3, 0.4) is 0 Å². The van der Waals surface area contributed by atoms with Crippen molar-refractivity contribution < 1.29 is 9.53 Å². The monoisotopic (exact) mass is 222 g/mol. The summed E-state index contributed by atoms with van der Waals surface area (Å²) in [5.74, 6) is 0.109. The van der Waals surface area contributed by atoms with E-state index in [4.69, 9.17) is 10.00 Å². The molecule has 1 amide bonds. The van der Waals surface area contributed by atoms with Crippen LogP contribution < -0.4 is 0 Å². The van der Waals surface area contributed by atoms with Crippen LogP contribution in [0.15, 0.2) is 0 Å². The molecule has 1 aliphatic heterocycles. The van der Waals surface area contributed by atoms with Crippen molar-refractivity contribution in [1.29, 1.82) is 5.26 Å². The molecule has 2 rings (SSSR count). The fourth-order valence-electron chi connectivity index (χ4n) is 2.15. The van der Waals surface area contributed by atoms with Crippen molar-refractivity contribution >= 4 is 5.91 Å². The minimum Gasteiger partial charge on any atom is -0.368 e. The summed E-state index contributed by atoms with van der Waals surface area (Å²) < 4.78 is 5.50. The third kappa shape index (κ3) is 2.73. The van der Waals surface area contributed by atoms with Gasteiger partial charge < -0.3 is 9.64 Å². The second-order valence-corrected chi connectivity index (χ2v) is 4.53. The topological polar surface area (TPSA) is 53.3 Å². The van der Waals surface area contributed by atoms with E-state index in [1.165, 1.54) is 0 Å². The fraction of sp³-hybridized carbons (Fsp3) is 0.833. The summed E-state index contributed by atoms with van der Waals surface area (Å²) in [6.45, 7) is 1.27. The van der Waals surface area contributed by atoms with E-state index in [1.807, 2.05) is 4.90 Å². The first-order chi connectivity index (χ1) is 7.83. The standard InChI is InChI=1S/C12H18N2O2/c13-7-3-8-14(10-5-6-10)12(15)11-4-1-2-9-16-11/h10-11H,1-6,8-9H2. The molecule has 16 heavy (non-hydrogen) atoms. The van der Waals surface area contributed by atoms with E-state index in [0.717, 1.165) is 32.1 Å². The van der Waals surface area contributed by atoms with Crippen LogP contribution in [0.2, 0.25) is 0 Å². The zero-order valence-electron chi connectivity index (χ0n) is 9.52. The molecule has 1 atom stereocenters. The Kier molecular flexibility index (Phi) is 3.79. The summed E-state index contributed by atoms with van der Waals surface area (Å²) in [7, 11) is 0. The molecule has 1 aliphatic carbocycles. The number of ether oxygens (including phenoxy) is 1.